The van der Waals surface area contributed by atoms with Gasteiger partial charge in [0.1, 0.15) is 0 Å². The lowest BCUT2D eigenvalue weighted by Gasteiger charge is -2.26. The summed E-state index contributed by atoms with van der Waals surface area (Å²) in [6.45, 7) is 4.35. The summed E-state index contributed by atoms with van der Waals surface area (Å²) in [5.41, 5.74) is 16.6. The number of rotatable bonds is 7. The molecule has 0 aliphatic rings. The van der Waals surface area contributed by atoms with Gasteiger partial charge in [-0.05, 0) is 95.8 Å². The molecule has 0 aliphatic heterocycles. The van der Waals surface area contributed by atoms with Gasteiger partial charge in [0, 0.05) is 33.4 Å². The van der Waals surface area contributed by atoms with E-state index in [2.05, 4.69) is 217 Å². The number of benzene rings is 8. The van der Waals surface area contributed by atoms with Crippen LogP contribution in [0, 0.1) is 13.8 Å². The lowest BCUT2D eigenvalue weighted by molar-refractivity contribution is 1.17. The van der Waals surface area contributed by atoms with Crippen molar-refractivity contribution in [2.75, 3.05) is 4.90 Å². The molecule has 0 saturated carbocycles. The molecule has 0 spiro atoms. The molecule has 2 heteroatoms. The highest BCUT2D eigenvalue weighted by Crippen LogP contribution is 2.42. The molecule has 0 saturated heterocycles. The predicted octanol–water partition coefficient (Wildman–Crippen LogP) is 13.9. The number of para-hydroxylation sites is 1. The fourth-order valence-electron chi connectivity index (χ4n) is 7.56. The third-order valence-corrected chi connectivity index (χ3v) is 10.1. The van der Waals surface area contributed by atoms with E-state index < -0.39 is 0 Å². The number of hydrogen-bond acceptors (Lipinski definition) is 1. The van der Waals surface area contributed by atoms with Gasteiger partial charge in [-0.15, -0.1) is 0 Å². The SMILES string of the molecule is Cc1cccc(-c2ccc(C)cc2-n2c3ccccc3c3ccc(N(c4ccc(-c5ccccc5)cc4)c4ccc(-c5ccccc5)cc4)cc32)c1. The minimum absolute atomic E-state index is 1.10. The van der Waals surface area contributed by atoms with Crippen molar-refractivity contribution < 1.29 is 0 Å². The highest BCUT2D eigenvalue weighted by molar-refractivity contribution is 6.11. The fraction of sp³-hybridized carbons (Fsp3) is 0.0400. The summed E-state index contributed by atoms with van der Waals surface area (Å²) in [6.07, 6.45) is 0. The number of aryl methyl sites for hydroxylation is 2. The van der Waals surface area contributed by atoms with Gasteiger partial charge in [-0.25, -0.2) is 0 Å². The summed E-state index contributed by atoms with van der Waals surface area (Å²) in [5, 5.41) is 2.47. The van der Waals surface area contributed by atoms with Gasteiger partial charge in [0.05, 0.1) is 16.7 Å². The molecule has 1 heterocycles. The molecule has 0 aliphatic carbocycles. The van der Waals surface area contributed by atoms with Crippen molar-refractivity contribution in [1.82, 2.24) is 4.57 Å². The molecular formula is C50H38N2. The number of fused-ring (bicyclic) bond motifs is 3. The van der Waals surface area contributed by atoms with E-state index in [1.807, 2.05) is 0 Å². The van der Waals surface area contributed by atoms with Crippen molar-refractivity contribution in [2.45, 2.75) is 13.8 Å². The molecule has 0 radical (unpaired) electrons. The first kappa shape index (κ1) is 31.3. The predicted molar refractivity (Wildman–Crippen MR) is 221 cm³/mol. The first-order valence-corrected chi connectivity index (χ1v) is 17.9. The highest BCUT2D eigenvalue weighted by Gasteiger charge is 2.20. The first-order chi connectivity index (χ1) is 25.6. The molecule has 248 valence electrons. The molecule has 9 aromatic rings. The maximum Gasteiger partial charge on any atom is 0.0562 e. The average molecular weight is 667 g/mol. The van der Waals surface area contributed by atoms with E-state index in [4.69, 9.17) is 0 Å². The maximum atomic E-state index is 2.47. The molecular weight excluding hydrogens is 629 g/mol. The topological polar surface area (TPSA) is 8.17 Å². The lowest BCUT2D eigenvalue weighted by atomic mass is 10.00. The molecule has 0 unspecified atom stereocenters. The quantitative estimate of drug-likeness (QED) is 0.164. The molecule has 0 fully saturated rings. The van der Waals surface area contributed by atoms with E-state index in [-0.39, 0.29) is 0 Å². The molecule has 1 aromatic heterocycles. The number of anilines is 3. The second kappa shape index (κ2) is 13.2. The summed E-state index contributed by atoms with van der Waals surface area (Å²) in [4.78, 5) is 2.38. The zero-order valence-corrected chi connectivity index (χ0v) is 29.4. The summed E-state index contributed by atoms with van der Waals surface area (Å²) < 4.78 is 2.47. The summed E-state index contributed by atoms with van der Waals surface area (Å²) in [6, 6.07) is 70.4. The van der Waals surface area contributed by atoms with Crippen LogP contribution in [0.25, 0.3) is 60.9 Å². The van der Waals surface area contributed by atoms with Crippen LogP contribution in [0.4, 0.5) is 17.1 Å². The molecule has 0 atom stereocenters. The second-order valence-electron chi connectivity index (χ2n) is 13.6. The van der Waals surface area contributed by atoms with Gasteiger partial charge < -0.3 is 9.47 Å². The number of aromatic nitrogens is 1. The van der Waals surface area contributed by atoms with Gasteiger partial charge in [0.2, 0.25) is 0 Å². The average Bonchev–Trinajstić information content (AvgIpc) is 3.53. The number of hydrogen-bond donors (Lipinski definition) is 0. The van der Waals surface area contributed by atoms with Gasteiger partial charge in [-0.3, -0.25) is 0 Å². The third kappa shape index (κ3) is 5.75. The highest BCUT2D eigenvalue weighted by atomic mass is 15.1. The Bertz CT molecular complexity index is 2590. The number of nitrogens with zero attached hydrogens (tertiary/aromatic N) is 2. The summed E-state index contributed by atoms with van der Waals surface area (Å²) in [7, 11) is 0. The molecule has 8 aromatic carbocycles. The monoisotopic (exact) mass is 666 g/mol. The van der Waals surface area contributed by atoms with Crippen LogP contribution in [0.3, 0.4) is 0 Å². The van der Waals surface area contributed by atoms with Gasteiger partial charge in [-0.1, -0.05) is 151 Å². The van der Waals surface area contributed by atoms with Crippen molar-refractivity contribution in [3.05, 3.63) is 205 Å². The van der Waals surface area contributed by atoms with Gasteiger partial charge in [-0.2, -0.15) is 0 Å². The Balaban J connectivity index is 1.25. The maximum absolute atomic E-state index is 2.47. The van der Waals surface area contributed by atoms with Gasteiger partial charge in [0.15, 0.2) is 0 Å². The van der Waals surface area contributed by atoms with E-state index >= 15 is 0 Å². The van der Waals surface area contributed by atoms with Crippen LogP contribution in [0.15, 0.2) is 194 Å². The zero-order chi connectivity index (χ0) is 35.0. The van der Waals surface area contributed by atoms with E-state index in [0.717, 1.165) is 17.1 Å². The molecule has 52 heavy (non-hydrogen) atoms. The van der Waals surface area contributed by atoms with Crippen molar-refractivity contribution in [3.63, 3.8) is 0 Å². The van der Waals surface area contributed by atoms with Crippen LogP contribution < -0.4 is 4.90 Å². The molecule has 0 bridgehead atoms. The van der Waals surface area contributed by atoms with Crippen molar-refractivity contribution in [1.29, 1.82) is 0 Å². The summed E-state index contributed by atoms with van der Waals surface area (Å²) in [5.74, 6) is 0. The zero-order valence-electron chi connectivity index (χ0n) is 29.4. The first-order valence-electron chi connectivity index (χ1n) is 17.9. The van der Waals surface area contributed by atoms with Crippen molar-refractivity contribution in [3.8, 4) is 39.1 Å². The van der Waals surface area contributed by atoms with Crippen LogP contribution >= 0.6 is 0 Å². The Kier molecular flexibility index (Phi) is 7.98. The normalized spacial score (nSPS) is 11.3. The molecule has 2 nitrogen and oxygen atoms in total. The van der Waals surface area contributed by atoms with Crippen LogP contribution in [0.2, 0.25) is 0 Å². The van der Waals surface area contributed by atoms with E-state index in [1.165, 1.54) is 72.0 Å². The third-order valence-electron chi connectivity index (χ3n) is 10.1. The second-order valence-corrected chi connectivity index (χ2v) is 13.6. The Morgan fingerprint density at radius 3 is 1.50 bits per heavy atom. The minimum Gasteiger partial charge on any atom is -0.310 e. The van der Waals surface area contributed by atoms with E-state index in [1.54, 1.807) is 0 Å². The Morgan fingerprint density at radius 1 is 0.346 bits per heavy atom. The molecule has 9 rings (SSSR count). The standard InChI is InChI=1S/C50H38N2/c1-35-12-11-17-41(32-35)45-30-20-36(2)33-49(45)52-48-19-10-9-18-46(48)47-31-29-44(34-50(47)52)51(42-25-21-39(22-26-42)37-13-5-3-6-14-37)43-27-23-40(24-28-43)38-15-7-4-8-16-38/h3-34H,1-2H3. The molecule has 0 N–H and O–H groups in total. The van der Waals surface area contributed by atoms with Gasteiger partial charge >= 0.3 is 0 Å². The molecule has 0 amide bonds. The Labute approximate surface area is 305 Å². The summed E-state index contributed by atoms with van der Waals surface area (Å²) >= 11 is 0. The van der Waals surface area contributed by atoms with Crippen molar-refractivity contribution in [2.24, 2.45) is 0 Å². The van der Waals surface area contributed by atoms with Crippen LogP contribution in [-0.2, 0) is 0 Å². The Morgan fingerprint density at radius 2 is 0.865 bits per heavy atom. The van der Waals surface area contributed by atoms with Crippen LogP contribution in [-0.4, -0.2) is 4.57 Å². The largest absolute Gasteiger partial charge is 0.310 e. The van der Waals surface area contributed by atoms with Crippen LogP contribution in [0.5, 0.6) is 0 Å². The fourth-order valence-corrected chi connectivity index (χ4v) is 7.56. The van der Waals surface area contributed by atoms with Crippen LogP contribution in [0.1, 0.15) is 11.1 Å². The lowest BCUT2D eigenvalue weighted by Crippen LogP contribution is -2.10. The Hall–Kier alpha value is -6.64. The minimum atomic E-state index is 1.10. The smallest absolute Gasteiger partial charge is 0.0562 e. The van der Waals surface area contributed by atoms with E-state index in [0.29, 0.717) is 0 Å². The van der Waals surface area contributed by atoms with Crippen molar-refractivity contribution >= 4 is 38.9 Å². The van der Waals surface area contributed by atoms with E-state index in [9.17, 15) is 0 Å². The van der Waals surface area contributed by atoms with Gasteiger partial charge in [0.25, 0.3) is 0 Å².